The number of hydrogen-bond acceptors (Lipinski definition) is 2. The van der Waals surface area contributed by atoms with Gasteiger partial charge in [-0.15, -0.1) is 0 Å². The zero-order chi connectivity index (χ0) is 10.3. The maximum absolute atomic E-state index is 11.8. The summed E-state index contributed by atoms with van der Waals surface area (Å²) in [5.74, 6) is 0.243. The lowest BCUT2D eigenvalue weighted by Crippen LogP contribution is -2.45. The van der Waals surface area contributed by atoms with Gasteiger partial charge in [0.15, 0.2) is 0 Å². The Morgan fingerprint density at radius 2 is 1.46 bits per heavy atom. The molecule has 0 radical (unpaired) electrons. The molecule has 1 aliphatic rings. The van der Waals surface area contributed by atoms with Crippen molar-refractivity contribution in [1.29, 1.82) is 0 Å². The van der Waals surface area contributed by atoms with Crippen LogP contribution in [0, 0.1) is 10.8 Å². The Balaban J connectivity index is 2.96. The number of carbonyl (C=O) groups is 2. The number of hydrogen-bond donors (Lipinski definition) is 0. The molecular formula is C11H18O2. The quantitative estimate of drug-likeness (QED) is 0.583. The third-order valence-corrected chi connectivity index (χ3v) is 3.22. The van der Waals surface area contributed by atoms with Gasteiger partial charge in [0.25, 0.3) is 0 Å². The van der Waals surface area contributed by atoms with E-state index in [4.69, 9.17) is 0 Å². The van der Waals surface area contributed by atoms with Gasteiger partial charge in [0.2, 0.25) is 0 Å². The van der Waals surface area contributed by atoms with Crippen molar-refractivity contribution in [3.05, 3.63) is 0 Å². The fourth-order valence-corrected chi connectivity index (χ4v) is 1.87. The molecule has 0 N–H and O–H groups in total. The molecule has 1 aliphatic carbocycles. The predicted octanol–water partition coefficient (Wildman–Crippen LogP) is 2.36. The summed E-state index contributed by atoms with van der Waals surface area (Å²) in [5, 5.41) is 0. The molecule has 0 unspecified atom stereocenters. The number of rotatable bonds is 1. The topological polar surface area (TPSA) is 34.1 Å². The first-order valence-electron chi connectivity index (χ1n) is 4.88. The van der Waals surface area contributed by atoms with E-state index in [0.717, 1.165) is 0 Å². The molecule has 1 fully saturated rings. The van der Waals surface area contributed by atoms with E-state index in [9.17, 15) is 9.59 Å². The highest BCUT2D eigenvalue weighted by atomic mass is 16.2. The molecule has 0 aromatic rings. The first-order valence-corrected chi connectivity index (χ1v) is 4.88. The maximum Gasteiger partial charge on any atom is 0.146 e. The van der Waals surface area contributed by atoms with E-state index in [1.165, 1.54) is 0 Å². The first kappa shape index (κ1) is 10.4. The lowest BCUT2D eigenvalue weighted by Gasteiger charge is -2.37. The molecule has 0 saturated heterocycles. The van der Waals surface area contributed by atoms with Gasteiger partial charge >= 0.3 is 0 Å². The normalized spacial score (nSPS) is 26.2. The van der Waals surface area contributed by atoms with Crippen LogP contribution in [0.15, 0.2) is 0 Å². The molecule has 1 rings (SSSR count). The first-order chi connectivity index (χ1) is 5.82. The van der Waals surface area contributed by atoms with Gasteiger partial charge in [0.05, 0.1) is 5.41 Å². The summed E-state index contributed by atoms with van der Waals surface area (Å²) in [6.45, 7) is 7.66. The Morgan fingerprint density at radius 3 is 1.77 bits per heavy atom. The van der Waals surface area contributed by atoms with Crippen molar-refractivity contribution in [2.75, 3.05) is 0 Å². The van der Waals surface area contributed by atoms with Crippen LogP contribution in [0.4, 0.5) is 0 Å². The van der Waals surface area contributed by atoms with Gasteiger partial charge < -0.3 is 0 Å². The summed E-state index contributed by atoms with van der Waals surface area (Å²) in [4.78, 5) is 23.5. The van der Waals surface area contributed by atoms with Crippen LogP contribution in [0.25, 0.3) is 0 Å². The van der Waals surface area contributed by atoms with Crippen molar-refractivity contribution in [3.8, 4) is 0 Å². The fourth-order valence-electron chi connectivity index (χ4n) is 1.87. The highest BCUT2D eigenvalue weighted by Gasteiger charge is 2.46. The zero-order valence-electron chi connectivity index (χ0n) is 8.94. The van der Waals surface area contributed by atoms with E-state index >= 15 is 0 Å². The molecule has 13 heavy (non-hydrogen) atoms. The van der Waals surface area contributed by atoms with E-state index in [0.29, 0.717) is 19.3 Å². The van der Waals surface area contributed by atoms with Crippen LogP contribution in [-0.2, 0) is 9.59 Å². The van der Waals surface area contributed by atoms with Gasteiger partial charge in [0, 0.05) is 12.8 Å². The summed E-state index contributed by atoms with van der Waals surface area (Å²) in [7, 11) is 0. The molecule has 2 heteroatoms. The lowest BCUT2D eigenvalue weighted by molar-refractivity contribution is -0.147. The van der Waals surface area contributed by atoms with Crippen molar-refractivity contribution in [3.63, 3.8) is 0 Å². The summed E-state index contributed by atoms with van der Waals surface area (Å²) in [5.41, 5.74) is -0.807. The number of carbonyl (C=O) groups excluding carboxylic acids is 2. The molecule has 0 aromatic carbocycles. The van der Waals surface area contributed by atoms with Crippen LogP contribution in [0.2, 0.25) is 0 Å². The molecule has 0 spiro atoms. The summed E-state index contributed by atoms with van der Waals surface area (Å²) in [6.07, 6.45) is 1.73. The van der Waals surface area contributed by atoms with Crippen LogP contribution < -0.4 is 0 Å². The van der Waals surface area contributed by atoms with Crippen molar-refractivity contribution < 1.29 is 9.59 Å². The van der Waals surface area contributed by atoms with Crippen LogP contribution in [0.1, 0.15) is 47.0 Å². The molecule has 0 heterocycles. The second-order valence-electron chi connectivity index (χ2n) is 5.05. The van der Waals surface area contributed by atoms with Crippen LogP contribution in [0.5, 0.6) is 0 Å². The van der Waals surface area contributed by atoms with Gasteiger partial charge in [-0.3, -0.25) is 9.59 Å². The Labute approximate surface area is 79.7 Å². The minimum absolute atomic E-state index is 0.122. The third kappa shape index (κ3) is 1.67. The molecule has 0 bridgehead atoms. The van der Waals surface area contributed by atoms with Gasteiger partial charge in [0.1, 0.15) is 11.6 Å². The Kier molecular flexibility index (Phi) is 2.35. The monoisotopic (exact) mass is 182 g/mol. The van der Waals surface area contributed by atoms with Gasteiger partial charge in [-0.1, -0.05) is 20.8 Å². The van der Waals surface area contributed by atoms with E-state index in [2.05, 4.69) is 0 Å². The molecule has 0 amide bonds. The van der Waals surface area contributed by atoms with Crippen molar-refractivity contribution in [1.82, 2.24) is 0 Å². The number of Topliss-reactive ketones (excluding diaryl/α,β-unsaturated/α-hetero) is 2. The molecule has 1 saturated carbocycles. The lowest BCUT2D eigenvalue weighted by atomic mass is 9.63. The maximum atomic E-state index is 11.8. The highest BCUT2D eigenvalue weighted by Crippen LogP contribution is 2.41. The largest absolute Gasteiger partial charge is 0.299 e. The molecular weight excluding hydrogens is 164 g/mol. The third-order valence-electron chi connectivity index (χ3n) is 3.22. The van der Waals surface area contributed by atoms with E-state index < -0.39 is 5.41 Å². The molecule has 74 valence electrons. The van der Waals surface area contributed by atoms with Gasteiger partial charge in [-0.2, -0.15) is 0 Å². The SMILES string of the molecule is CCC1(C)C(=O)CC(C)(C)CC1=O. The molecule has 0 aromatic heterocycles. The van der Waals surface area contributed by atoms with Crippen molar-refractivity contribution >= 4 is 11.6 Å². The Morgan fingerprint density at radius 1 is 1.08 bits per heavy atom. The van der Waals surface area contributed by atoms with Gasteiger partial charge in [-0.25, -0.2) is 0 Å². The summed E-state index contributed by atoms with van der Waals surface area (Å²) >= 11 is 0. The Hall–Kier alpha value is -0.660. The van der Waals surface area contributed by atoms with Crippen LogP contribution in [0.3, 0.4) is 0 Å². The second kappa shape index (κ2) is 2.93. The van der Waals surface area contributed by atoms with E-state index in [1.54, 1.807) is 6.92 Å². The average Bonchev–Trinajstić information content (AvgIpc) is 1.98. The molecule has 0 atom stereocenters. The minimum Gasteiger partial charge on any atom is -0.299 e. The average molecular weight is 182 g/mol. The van der Waals surface area contributed by atoms with Crippen molar-refractivity contribution in [2.45, 2.75) is 47.0 Å². The van der Waals surface area contributed by atoms with Crippen LogP contribution in [-0.4, -0.2) is 11.6 Å². The minimum atomic E-state index is -0.685. The smallest absolute Gasteiger partial charge is 0.146 e. The standard InChI is InChI=1S/C11H18O2/c1-5-11(4)8(12)6-10(2,3)7-9(11)13/h5-7H2,1-4H3. The summed E-state index contributed by atoms with van der Waals surface area (Å²) in [6, 6.07) is 0. The highest BCUT2D eigenvalue weighted by molar-refractivity contribution is 6.09. The second-order valence-corrected chi connectivity index (χ2v) is 5.05. The van der Waals surface area contributed by atoms with Crippen molar-refractivity contribution in [2.24, 2.45) is 10.8 Å². The number of ketones is 2. The van der Waals surface area contributed by atoms with E-state index in [-0.39, 0.29) is 17.0 Å². The van der Waals surface area contributed by atoms with E-state index in [1.807, 2.05) is 20.8 Å². The summed E-state index contributed by atoms with van der Waals surface area (Å²) < 4.78 is 0. The van der Waals surface area contributed by atoms with Crippen LogP contribution >= 0.6 is 0 Å². The molecule has 2 nitrogen and oxygen atoms in total. The Bertz CT molecular complexity index is 231. The van der Waals surface area contributed by atoms with Gasteiger partial charge in [-0.05, 0) is 18.8 Å². The zero-order valence-corrected chi connectivity index (χ0v) is 8.94. The molecule has 0 aliphatic heterocycles. The fraction of sp³-hybridized carbons (Fsp3) is 0.818. The predicted molar refractivity (Wildman–Crippen MR) is 51.4 cm³/mol.